The Morgan fingerprint density at radius 2 is 1.52 bits per heavy atom. The number of rotatable bonds is 12. The number of anilines is 1. The highest BCUT2D eigenvalue weighted by molar-refractivity contribution is 7.92. The summed E-state index contributed by atoms with van der Waals surface area (Å²) in [6.07, 6.45) is 4.19. The summed E-state index contributed by atoms with van der Waals surface area (Å²) in [6.45, 7) is 7.24. The second kappa shape index (κ2) is 14.8. The molecule has 0 aromatic heterocycles. The fourth-order valence-electron chi connectivity index (χ4n) is 5.53. The van der Waals surface area contributed by atoms with Gasteiger partial charge in [0.25, 0.3) is 10.0 Å². The Morgan fingerprint density at radius 3 is 2.07 bits per heavy atom. The quantitative estimate of drug-likeness (QED) is 0.219. The van der Waals surface area contributed by atoms with Gasteiger partial charge in [-0.15, -0.1) is 0 Å². The first-order chi connectivity index (χ1) is 20.9. The van der Waals surface area contributed by atoms with Crippen molar-refractivity contribution in [2.45, 2.75) is 89.2 Å². The number of aryl methyl sites for hydroxylation is 1. The molecule has 44 heavy (non-hydrogen) atoms. The third kappa shape index (κ3) is 7.95. The van der Waals surface area contributed by atoms with Crippen LogP contribution in [0.1, 0.15) is 75.5 Å². The van der Waals surface area contributed by atoms with Crippen LogP contribution in [0.25, 0.3) is 0 Å². The zero-order chi connectivity index (χ0) is 32.0. The van der Waals surface area contributed by atoms with Crippen LogP contribution in [0.4, 0.5) is 5.69 Å². The van der Waals surface area contributed by atoms with Gasteiger partial charge in [-0.2, -0.15) is 0 Å². The molecule has 236 valence electrons. The molecule has 1 fully saturated rings. The predicted molar refractivity (Wildman–Crippen MR) is 178 cm³/mol. The molecule has 0 bridgehead atoms. The van der Waals surface area contributed by atoms with Gasteiger partial charge >= 0.3 is 0 Å². The van der Waals surface area contributed by atoms with Gasteiger partial charge in [-0.05, 0) is 74.1 Å². The maximum Gasteiger partial charge on any atom is 0.264 e. The highest BCUT2D eigenvalue weighted by Gasteiger charge is 2.35. The number of halogens is 2. The van der Waals surface area contributed by atoms with Gasteiger partial charge in [0, 0.05) is 28.2 Å². The number of hydrogen-bond donors (Lipinski definition) is 1. The monoisotopic (exact) mass is 657 g/mol. The molecule has 7 nitrogen and oxygen atoms in total. The molecule has 0 heterocycles. The Balaban J connectivity index is 1.75. The van der Waals surface area contributed by atoms with E-state index in [0.717, 1.165) is 41.1 Å². The van der Waals surface area contributed by atoms with E-state index < -0.39 is 28.5 Å². The summed E-state index contributed by atoms with van der Waals surface area (Å²) < 4.78 is 29.4. The number of benzene rings is 3. The molecule has 3 aromatic carbocycles. The van der Waals surface area contributed by atoms with Crippen LogP contribution in [0.5, 0.6) is 0 Å². The number of carbonyl (C=O) groups is 2. The maximum absolute atomic E-state index is 14.4. The molecular weight excluding hydrogens is 617 g/mol. The highest BCUT2D eigenvalue weighted by Crippen LogP contribution is 2.30. The Hall–Kier alpha value is -3.07. The molecule has 0 aliphatic heterocycles. The van der Waals surface area contributed by atoms with Gasteiger partial charge in [-0.25, -0.2) is 8.42 Å². The van der Waals surface area contributed by atoms with Crippen LogP contribution in [0.3, 0.4) is 0 Å². The van der Waals surface area contributed by atoms with Crippen molar-refractivity contribution in [3.63, 3.8) is 0 Å². The molecular formula is C34H41Cl2N3O4S. The van der Waals surface area contributed by atoms with E-state index >= 15 is 0 Å². The van der Waals surface area contributed by atoms with Crippen LogP contribution in [-0.4, -0.2) is 43.8 Å². The van der Waals surface area contributed by atoms with Gasteiger partial charge in [0.05, 0.1) is 10.6 Å². The maximum atomic E-state index is 14.4. The fourth-order valence-corrected chi connectivity index (χ4v) is 7.46. The molecule has 0 radical (unpaired) electrons. The SMILES string of the molecule is CC[C@H](C(=O)NC1CCCC1)N(Cc1c(Cl)cccc1Cl)C(=O)CN(c1ccc(C(C)C)cc1)S(=O)(=O)c1ccc(C)cc1. The summed E-state index contributed by atoms with van der Waals surface area (Å²) in [5, 5.41) is 3.83. The average molecular weight is 659 g/mol. The molecule has 0 spiro atoms. The first kappa shape index (κ1) is 33.8. The van der Waals surface area contributed by atoms with Crippen LogP contribution < -0.4 is 9.62 Å². The van der Waals surface area contributed by atoms with Crippen molar-refractivity contribution in [2.24, 2.45) is 0 Å². The van der Waals surface area contributed by atoms with Gasteiger partial charge in [0.2, 0.25) is 11.8 Å². The lowest BCUT2D eigenvalue weighted by atomic mass is 10.0. The number of carbonyl (C=O) groups excluding carboxylic acids is 2. The van der Waals surface area contributed by atoms with E-state index in [2.05, 4.69) is 19.2 Å². The van der Waals surface area contributed by atoms with Crippen LogP contribution in [0.2, 0.25) is 10.0 Å². The van der Waals surface area contributed by atoms with Crippen molar-refractivity contribution >= 4 is 50.7 Å². The molecule has 0 saturated heterocycles. The molecule has 3 aromatic rings. The summed E-state index contributed by atoms with van der Waals surface area (Å²) in [5.41, 5.74) is 2.79. The number of nitrogens with one attached hydrogen (secondary N) is 1. The molecule has 0 unspecified atom stereocenters. The van der Waals surface area contributed by atoms with Gasteiger partial charge in [-0.1, -0.05) is 92.7 Å². The Labute approximate surface area is 271 Å². The Morgan fingerprint density at radius 1 is 0.932 bits per heavy atom. The zero-order valence-corrected chi connectivity index (χ0v) is 28.1. The average Bonchev–Trinajstić information content (AvgIpc) is 3.50. The third-order valence-corrected chi connectivity index (χ3v) is 10.7. The van der Waals surface area contributed by atoms with E-state index in [9.17, 15) is 18.0 Å². The number of hydrogen-bond acceptors (Lipinski definition) is 4. The van der Waals surface area contributed by atoms with E-state index in [-0.39, 0.29) is 29.3 Å². The lowest BCUT2D eigenvalue weighted by molar-refractivity contribution is -0.140. The fraction of sp³-hybridized carbons (Fsp3) is 0.412. The lowest BCUT2D eigenvalue weighted by Gasteiger charge is -2.34. The van der Waals surface area contributed by atoms with Crippen LogP contribution >= 0.6 is 23.2 Å². The van der Waals surface area contributed by atoms with Crippen molar-refractivity contribution in [3.8, 4) is 0 Å². The molecule has 1 saturated carbocycles. The molecule has 1 aliphatic rings. The summed E-state index contributed by atoms with van der Waals surface area (Å²) in [4.78, 5) is 29.5. The van der Waals surface area contributed by atoms with Gasteiger partial charge in [0.1, 0.15) is 12.6 Å². The topological polar surface area (TPSA) is 86.8 Å². The van der Waals surface area contributed by atoms with E-state index in [1.807, 2.05) is 26.0 Å². The van der Waals surface area contributed by atoms with Crippen LogP contribution in [0.15, 0.2) is 71.6 Å². The molecule has 10 heteroatoms. The van der Waals surface area contributed by atoms with E-state index in [1.165, 1.54) is 17.0 Å². The number of sulfonamides is 1. The van der Waals surface area contributed by atoms with Crippen molar-refractivity contribution in [1.29, 1.82) is 0 Å². The van der Waals surface area contributed by atoms with Crippen molar-refractivity contribution in [3.05, 3.63) is 93.5 Å². The van der Waals surface area contributed by atoms with Crippen molar-refractivity contribution < 1.29 is 18.0 Å². The first-order valence-corrected chi connectivity index (χ1v) is 17.3. The molecule has 4 rings (SSSR count). The Kier molecular flexibility index (Phi) is 11.4. The second-order valence-electron chi connectivity index (χ2n) is 11.7. The molecule has 1 aliphatic carbocycles. The second-order valence-corrected chi connectivity index (χ2v) is 14.4. The van der Waals surface area contributed by atoms with Crippen LogP contribution in [0, 0.1) is 6.92 Å². The Bertz CT molecular complexity index is 1530. The number of amides is 2. The standard InChI is InChI=1S/C34H41Cl2N3O4S/c1-5-32(34(41)37-26-9-6-7-10-26)38(21-29-30(35)11-8-12-31(29)36)33(40)22-39(27-17-15-25(16-18-27)23(2)3)44(42,43)28-19-13-24(4)14-20-28/h8,11-20,23,26,32H,5-7,9-10,21-22H2,1-4H3,(H,37,41)/t32-/m1/s1. The van der Waals surface area contributed by atoms with Crippen LogP contribution in [-0.2, 0) is 26.2 Å². The minimum atomic E-state index is -4.16. The zero-order valence-electron chi connectivity index (χ0n) is 25.7. The largest absolute Gasteiger partial charge is 0.352 e. The molecule has 1 N–H and O–H groups in total. The molecule has 1 atom stereocenters. The smallest absolute Gasteiger partial charge is 0.264 e. The number of nitrogens with zero attached hydrogens (tertiary/aromatic N) is 2. The lowest BCUT2D eigenvalue weighted by Crippen LogP contribution is -2.53. The molecule has 2 amide bonds. The summed E-state index contributed by atoms with van der Waals surface area (Å²) >= 11 is 13.0. The van der Waals surface area contributed by atoms with E-state index in [1.54, 1.807) is 42.5 Å². The van der Waals surface area contributed by atoms with Gasteiger partial charge in [-0.3, -0.25) is 13.9 Å². The third-order valence-electron chi connectivity index (χ3n) is 8.21. The minimum Gasteiger partial charge on any atom is -0.352 e. The van der Waals surface area contributed by atoms with Crippen molar-refractivity contribution in [2.75, 3.05) is 10.8 Å². The highest BCUT2D eigenvalue weighted by atomic mass is 35.5. The van der Waals surface area contributed by atoms with Crippen molar-refractivity contribution in [1.82, 2.24) is 10.2 Å². The predicted octanol–water partition coefficient (Wildman–Crippen LogP) is 7.49. The van der Waals surface area contributed by atoms with Gasteiger partial charge in [0.15, 0.2) is 0 Å². The van der Waals surface area contributed by atoms with E-state index in [4.69, 9.17) is 23.2 Å². The normalized spacial score (nSPS) is 14.4. The minimum absolute atomic E-state index is 0.0512. The summed E-state index contributed by atoms with van der Waals surface area (Å²) in [6, 6.07) is 17.9. The summed E-state index contributed by atoms with van der Waals surface area (Å²) in [5.74, 6) is -0.574. The first-order valence-electron chi connectivity index (χ1n) is 15.1. The summed E-state index contributed by atoms with van der Waals surface area (Å²) in [7, 11) is -4.16. The van der Waals surface area contributed by atoms with Gasteiger partial charge < -0.3 is 10.2 Å². The van der Waals surface area contributed by atoms with E-state index in [0.29, 0.717) is 27.7 Å².